The maximum atomic E-state index is 9.77. The molecule has 0 aromatic heterocycles. The number of carbonyl (C=O) groups excluding carboxylic acids is 1. The maximum absolute atomic E-state index is 9.77. The van der Waals surface area contributed by atoms with Crippen molar-refractivity contribution < 1.29 is 78.0 Å². The van der Waals surface area contributed by atoms with Gasteiger partial charge in [0.05, 0.1) is 0 Å². The number of hydrogen-bond acceptors (Lipinski definition) is 3. The molecular weight excluding hydrogens is 210 g/mol. The average molecular weight is 217 g/mol. The standard InChI is InChI=1S/C5H8O4.Rb/c6-4(7)2-1-3-5(8)9;/h1-3H2,(H,6,7)(H,8,9);/q;+1/p-1. The molecule has 1 N–H and O–H groups in total. The largest absolute Gasteiger partial charge is 1.00 e. The second-order valence-electron chi connectivity index (χ2n) is 1.62. The first-order valence-electron chi connectivity index (χ1n) is 2.54. The van der Waals surface area contributed by atoms with Gasteiger partial charge in [-0.25, -0.2) is 0 Å². The van der Waals surface area contributed by atoms with Gasteiger partial charge in [-0.15, -0.1) is 0 Å². The average Bonchev–Trinajstić information content (AvgIpc) is 1.63. The van der Waals surface area contributed by atoms with Crippen molar-refractivity contribution in [2.75, 3.05) is 0 Å². The fourth-order valence-electron chi connectivity index (χ4n) is 0.384. The molecule has 0 spiro atoms. The van der Waals surface area contributed by atoms with E-state index in [-0.39, 0.29) is 77.4 Å². The van der Waals surface area contributed by atoms with Gasteiger partial charge in [0.15, 0.2) is 0 Å². The molecule has 0 unspecified atom stereocenters. The quantitative estimate of drug-likeness (QED) is 0.520. The van der Waals surface area contributed by atoms with E-state index in [0.29, 0.717) is 0 Å². The summed E-state index contributed by atoms with van der Waals surface area (Å²) >= 11 is 0. The molecule has 0 heterocycles. The van der Waals surface area contributed by atoms with Crippen molar-refractivity contribution in [3.8, 4) is 0 Å². The van der Waals surface area contributed by atoms with Crippen LogP contribution < -0.4 is 63.3 Å². The zero-order chi connectivity index (χ0) is 7.28. The molecule has 4 nitrogen and oxygen atoms in total. The van der Waals surface area contributed by atoms with Crippen LogP contribution in [-0.2, 0) is 9.59 Å². The van der Waals surface area contributed by atoms with Gasteiger partial charge in [-0.05, 0) is 12.8 Å². The minimum atomic E-state index is -1.20. The van der Waals surface area contributed by atoms with Gasteiger partial charge in [0.2, 0.25) is 0 Å². The minimum absolute atomic E-state index is 0. The van der Waals surface area contributed by atoms with Gasteiger partial charge < -0.3 is 15.0 Å². The summed E-state index contributed by atoms with van der Waals surface area (Å²) in [5.41, 5.74) is 0. The summed E-state index contributed by atoms with van der Waals surface area (Å²) in [4.78, 5) is 19.4. The van der Waals surface area contributed by atoms with Gasteiger partial charge in [0.1, 0.15) is 0 Å². The number of carboxylic acid groups (broad SMARTS) is 2. The molecule has 0 atom stereocenters. The van der Waals surface area contributed by atoms with E-state index >= 15 is 0 Å². The first-order valence-corrected chi connectivity index (χ1v) is 2.54. The van der Waals surface area contributed by atoms with Crippen LogP contribution in [-0.4, -0.2) is 17.0 Å². The van der Waals surface area contributed by atoms with Crippen molar-refractivity contribution in [2.24, 2.45) is 0 Å². The summed E-state index contributed by atoms with van der Waals surface area (Å²) in [6.45, 7) is 0. The van der Waals surface area contributed by atoms with Crippen LogP contribution in [0.5, 0.6) is 0 Å². The van der Waals surface area contributed by atoms with Crippen LogP contribution in [0.4, 0.5) is 0 Å². The Morgan fingerprint density at radius 1 is 1.30 bits per heavy atom. The molecule has 0 amide bonds. The number of carboxylic acids is 2. The fourth-order valence-corrected chi connectivity index (χ4v) is 0.384. The van der Waals surface area contributed by atoms with Gasteiger partial charge in [-0.2, -0.15) is 0 Å². The monoisotopic (exact) mass is 216 g/mol. The van der Waals surface area contributed by atoms with E-state index in [0.717, 1.165) is 0 Å². The first-order chi connectivity index (χ1) is 4.13. The molecule has 0 saturated heterocycles. The van der Waals surface area contributed by atoms with Crippen molar-refractivity contribution in [1.29, 1.82) is 0 Å². The molecule has 0 bridgehead atoms. The third-order valence-corrected chi connectivity index (χ3v) is 0.772. The predicted molar refractivity (Wildman–Crippen MR) is 26.5 cm³/mol. The molecule has 0 saturated carbocycles. The number of aliphatic carboxylic acids is 2. The first kappa shape index (κ1) is 13.3. The summed E-state index contributed by atoms with van der Waals surface area (Å²) < 4.78 is 0. The van der Waals surface area contributed by atoms with Gasteiger partial charge in [-0.1, -0.05) is 0 Å². The van der Waals surface area contributed by atoms with E-state index in [9.17, 15) is 14.7 Å². The zero-order valence-corrected chi connectivity index (χ0v) is 10.7. The van der Waals surface area contributed by atoms with Crippen LogP contribution in [0, 0.1) is 0 Å². The van der Waals surface area contributed by atoms with Gasteiger partial charge in [0, 0.05) is 12.4 Å². The topological polar surface area (TPSA) is 77.4 Å². The molecule has 52 valence electrons. The molecule has 0 aromatic rings. The SMILES string of the molecule is O=C([O-])CCCC(=O)O.[Rb+]. The van der Waals surface area contributed by atoms with Crippen molar-refractivity contribution in [1.82, 2.24) is 0 Å². The van der Waals surface area contributed by atoms with Crippen LogP contribution >= 0.6 is 0 Å². The van der Waals surface area contributed by atoms with E-state index in [4.69, 9.17) is 5.11 Å². The second-order valence-corrected chi connectivity index (χ2v) is 1.62. The van der Waals surface area contributed by atoms with Crippen molar-refractivity contribution in [2.45, 2.75) is 19.3 Å². The van der Waals surface area contributed by atoms with E-state index in [1.807, 2.05) is 0 Å². The molecule has 0 aliphatic rings. The van der Waals surface area contributed by atoms with Crippen LogP contribution in [0.15, 0.2) is 0 Å². The van der Waals surface area contributed by atoms with E-state index in [1.54, 1.807) is 0 Å². The molecule has 0 fully saturated rings. The maximum Gasteiger partial charge on any atom is 1.00 e. The Bertz CT molecular complexity index is 109. The third-order valence-electron chi connectivity index (χ3n) is 0.772. The van der Waals surface area contributed by atoms with Gasteiger partial charge in [-0.3, -0.25) is 4.79 Å². The summed E-state index contributed by atoms with van der Waals surface area (Å²) in [7, 11) is 0. The Balaban J connectivity index is 0. The summed E-state index contributed by atoms with van der Waals surface area (Å²) in [5, 5.41) is 17.7. The number of hydrogen-bond donors (Lipinski definition) is 1. The predicted octanol–water partition coefficient (Wildman–Crippen LogP) is -4.00. The van der Waals surface area contributed by atoms with Crippen LogP contribution in [0.3, 0.4) is 0 Å². The Morgan fingerprint density at radius 2 is 1.80 bits per heavy atom. The van der Waals surface area contributed by atoms with E-state index in [2.05, 4.69) is 0 Å². The van der Waals surface area contributed by atoms with Gasteiger partial charge in [0.25, 0.3) is 0 Å². The van der Waals surface area contributed by atoms with Crippen LogP contribution in [0.1, 0.15) is 19.3 Å². The molecule has 0 aromatic carbocycles. The normalized spacial score (nSPS) is 8.00. The minimum Gasteiger partial charge on any atom is -0.550 e. The summed E-state index contributed by atoms with van der Waals surface area (Å²) in [5.74, 6) is -2.17. The Labute approximate surface area is 107 Å². The molecule has 0 rings (SSSR count). The third kappa shape index (κ3) is 11.5. The Morgan fingerprint density at radius 3 is 2.10 bits per heavy atom. The summed E-state index contributed by atoms with van der Waals surface area (Å²) in [6, 6.07) is 0. The van der Waals surface area contributed by atoms with Gasteiger partial charge >= 0.3 is 64.2 Å². The molecule has 5 heteroatoms. The fraction of sp³-hybridized carbons (Fsp3) is 0.600. The second kappa shape index (κ2) is 7.85. The smallest absolute Gasteiger partial charge is 0.550 e. The zero-order valence-electron chi connectivity index (χ0n) is 5.79. The van der Waals surface area contributed by atoms with Crippen molar-refractivity contribution in [3.05, 3.63) is 0 Å². The molecule has 0 radical (unpaired) electrons. The molecule has 10 heavy (non-hydrogen) atoms. The number of carbonyl (C=O) groups is 2. The molecule has 0 aliphatic carbocycles. The molecular formula is C5H7O4Rb. The van der Waals surface area contributed by atoms with E-state index < -0.39 is 11.9 Å². The van der Waals surface area contributed by atoms with Crippen molar-refractivity contribution in [3.63, 3.8) is 0 Å². The van der Waals surface area contributed by atoms with E-state index in [1.165, 1.54) is 0 Å². The Kier molecular flexibility index (Phi) is 10.5. The number of rotatable bonds is 4. The summed E-state index contributed by atoms with van der Waals surface area (Å²) in [6.07, 6.45) is -0.127. The van der Waals surface area contributed by atoms with Crippen molar-refractivity contribution >= 4 is 11.9 Å². The van der Waals surface area contributed by atoms with Crippen LogP contribution in [0.25, 0.3) is 0 Å². The Hall–Kier alpha value is 0.745. The molecule has 0 aliphatic heterocycles. The van der Waals surface area contributed by atoms with Crippen LogP contribution in [0.2, 0.25) is 0 Å².